The predicted octanol–water partition coefficient (Wildman–Crippen LogP) is 6.74. The number of anilines is 1. The number of thiophene rings is 1. The first-order valence-corrected chi connectivity index (χ1v) is 14.1. The van der Waals surface area contributed by atoms with Crippen molar-refractivity contribution in [1.29, 1.82) is 0 Å². The summed E-state index contributed by atoms with van der Waals surface area (Å²) in [6.07, 6.45) is 9.73. The van der Waals surface area contributed by atoms with E-state index in [0.29, 0.717) is 22.6 Å². The Morgan fingerprint density at radius 1 is 1.06 bits per heavy atom. The van der Waals surface area contributed by atoms with Gasteiger partial charge in [-0.3, -0.25) is 4.79 Å². The first-order chi connectivity index (χ1) is 17.0. The third kappa shape index (κ3) is 6.20. The highest BCUT2D eigenvalue weighted by Gasteiger charge is 2.38. The van der Waals surface area contributed by atoms with Crippen LogP contribution in [-0.2, 0) is 10.2 Å². The van der Waals surface area contributed by atoms with Crippen LogP contribution in [0.15, 0.2) is 18.5 Å². The summed E-state index contributed by atoms with van der Waals surface area (Å²) in [4.78, 5) is 37.6. The number of hydrogen-bond donors (Lipinski definition) is 1. The van der Waals surface area contributed by atoms with E-state index < -0.39 is 5.97 Å². The van der Waals surface area contributed by atoms with Crippen molar-refractivity contribution in [1.82, 2.24) is 9.97 Å². The van der Waals surface area contributed by atoms with Crippen LogP contribution in [0.4, 0.5) is 5.69 Å². The number of hydrogen-bond acceptors (Lipinski definition) is 6. The minimum Gasteiger partial charge on any atom is -0.477 e. The summed E-state index contributed by atoms with van der Waals surface area (Å²) in [7, 11) is 0. The molecular formula is C27H36ClN3O4S. The highest BCUT2D eigenvalue weighted by Crippen LogP contribution is 2.42. The van der Waals surface area contributed by atoms with Gasteiger partial charge in [0.15, 0.2) is 0 Å². The number of rotatable bonds is 6. The summed E-state index contributed by atoms with van der Waals surface area (Å²) < 4.78 is 6.02. The van der Waals surface area contributed by atoms with Gasteiger partial charge in [0, 0.05) is 16.8 Å². The summed E-state index contributed by atoms with van der Waals surface area (Å²) in [6.45, 7) is 8.46. The first kappa shape index (κ1) is 26.9. The number of carboxylic acid groups (broad SMARTS) is 1. The number of carboxylic acids is 1. The minimum absolute atomic E-state index is 0.0317. The Morgan fingerprint density at radius 2 is 1.72 bits per heavy atom. The van der Waals surface area contributed by atoms with Crippen LogP contribution in [0.25, 0.3) is 0 Å². The molecule has 2 aromatic rings. The molecular weight excluding hydrogens is 498 g/mol. The SMILES string of the molecule is CC(C)(C)c1cc(N(C(=O)[C@H]2CC[C@H](C)CC2)[C@H]2CC[C@@H](Oc3cnc(Cl)cn3)CC2)c(C(=O)O)s1. The van der Waals surface area contributed by atoms with Gasteiger partial charge in [0.2, 0.25) is 11.8 Å². The van der Waals surface area contributed by atoms with Gasteiger partial charge in [-0.15, -0.1) is 11.3 Å². The number of ether oxygens (including phenoxy) is 1. The summed E-state index contributed by atoms with van der Waals surface area (Å²) in [5, 5.41) is 10.4. The lowest BCUT2D eigenvalue weighted by Gasteiger charge is -2.39. The molecule has 4 rings (SSSR count). The number of aromatic carboxylic acids is 1. The van der Waals surface area contributed by atoms with Crippen molar-refractivity contribution < 1.29 is 19.4 Å². The summed E-state index contributed by atoms with van der Waals surface area (Å²) in [5.74, 6) is 0.121. The molecule has 1 amide bonds. The van der Waals surface area contributed by atoms with Crippen LogP contribution >= 0.6 is 22.9 Å². The van der Waals surface area contributed by atoms with Crippen molar-refractivity contribution >= 4 is 40.5 Å². The van der Waals surface area contributed by atoms with Gasteiger partial charge in [-0.1, -0.05) is 39.3 Å². The van der Waals surface area contributed by atoms with Crippen molar-refractivity contribution in [3.05, 3.63) is 33.4 Å². The molecule has 2 aliphatic rings. The molecule has 2 aromatic heterocycles. The van der Waals surface area contributed by atoms with Crippen LogP contribution in [0.2, 0.25) is 5.15 Å². The van der Waals surface area contributed by atoms with E-state index in [1.165, 1.54) is 23.7 Å². The molecule has 2 saturated carbocycles. The number of aromatic nitrogens is 2. The summed E-state index contributed by atoms with van der Waals surface area (Å²) in [6, 6.07) is 1.89. The van der Waals surface area contributed by atoms with Crippen LogP contribution in [0, 0.1) is 11.8 Å². The van der Waals surface area contributed by atoms with Crippen LogP contribution < -0.4 is 9.64 Å². The van der Waals surface area contributed by atoms with Gasteiger partial charge >= 0.3 is 5.97 Å². The molecule has 0 aromatic carbocycles. The summed E-state index contributed by atoms with van der Waals surface area (Å²) in [5.41, 5.74) is 0.363. The van der Waals surface area contributed by atoms with E-state index >= 15 is 0 Å². The average Bonchev–Trinajstić information content (AvgIpc) is 3.28. The molecule has 0 saturated heterocycles. The normalized spacial score (nSPS) is 24.8. The van der Waals surface area contributed by atoms with Gasteiger partial charge in [-0.05, 0) is 68.8 Å². The molecule has 0 aliphatic heterocycles. The highest BCUT2D eigenvalue weighted by molar-refractivity contribution is 7.14. The topological polar surface area (TPSA) is 92.6 Å². The van der Waals surface area contributed by atoms with Crippen molar-refractivity contribution in [2.45, 2.75) is 96.6 Å². The van der Waals surface area contributed by atoms with Gasteiger partial charge < -0.3 is 14.7 Å². The van der Waals surface area contributed by atoms with E-state index in [1.54, 1.807) is 0 Å². The molecule has 1 N–H and O–H groups in total. The standard InChI is InChI=1S/C27H36ClN3O4S/c1-16-5-7-17(8-6-16)25(32)31(20-13-21(27(2,3)4)36-24(20)26(33)34)18-9-11-19(12-10-18)35-23-15-29-22(28)14-30-23/h13-19H,5-12H2,1-4H3,(H,33,34)/t16-,17-,18-,19+. The number of carbonyl (C=O) groups excluding carboxylic acids is 1. The van der Waals surface area contributed by atoms with Gasteiger partial charge in [-0.2, -0.15) is 0 Å². The van der Waals surface area contributed by atoms with Crippen molar-refractivity contribution in [2.75, 3.05) is 4.90 Å². The van der Waals surface area contributed by atoms with Crippen LogP contribution in [-0.4, -0.2) is 39.1 Å². The maximum Gasteiger partial charge on any atom is 0.348 e. The van der Waals surface area contributed by atoms with Gasteiger partial charge in [0.1, 0.15) is 16.1 Å². The molecule has 2 heterocycles. The Labute approximate surface area is 222 Å². The lowest BCUT2D eigenvalue weighted by Crippen LogP contribution is -2.47. The molecule has 2 fully saturated rings. The quantitative estimate of drug-likeness (QED) is 0.442. The van der Waals surface area contributed by atoms with E-state index in [2.05, 4.69) is 37.7 Å². The lowest BCUT2D eigenvalue weighted by atomic mass is 9.81. The molecule has 0 bridgehead atoms. The zero-order valence-electron chi connectivity index (χ0n) is 21.5. The Balaban J connectivity index is 1.59. The Bertz CT molecular complexity index is 1070. The fourth-order valence-electron chi connectivity index (χ4n) is 5.24. The Hall–Kier alpha value is -2.19. The third-order valence-electron chi connectivity index (χ3n) is 7.40. The molecule has 9 heteroatoms. The van der Waals surface area contributed by atoms with E-state index in [-0.39, 0.29) is 34.3 Å². The number of carbonyl (C=O) groups is 2. The second-order valence-electron chi connectivity index (χ2n) is 11.3. The molecule has 0 spiro atoms. The lowest BCUT2D eigenvalue weighted by molar-refractivity contribution is -0.124. The highest BCUT2D eigenvalue weighted by atomic mass is 35.5. The molecule has 196 valence electrons. The third-order valence-corrected chi connectivity index (χ3v) is 9.13. The first-order valence-electron chi connectivity index (χ1n) is 12.9. The van der Waals surface area contributed by atoms with E-state index in [0.717, 1.165) is 56.2 Å². The molecule has 7 nitrogen and oxygen atoms in total. The van der Waals surface area contributed by atoms with E-state index in [1.807, 2.05) is 11.0 Å². The maximum atomic E-state index is 14.0. The van der Waals surface area contributed by atoms with Crippen molar-refractivity contribution in [3.63, 3.8) is 0 Å². The van der Waals surface area contributed by atoms with Crippen LogP contribution in [0.5, 0.6) is 5.88 Å². The Kier molecular flexibility index (Phi) is 8.25. The van der Waals surface area contributed by atoms with Gasteiger partial charge in [0.25, 0.3) is 0 Å². The van der Waals surface area contributed by atoms with Crippen molar-refractivity contribution in [3.8, 4) is 5.88 Å². The van der Waals surface area contributed by atoms with Crippen LogP contribution in [0.3, 0.4) is 0 Å². The minimum atomic E-state index is -0.973. The summed E-state index contributed by atoms with van der Waals surface area (Å²) >= 11 is 7.12. The largest absolute Gasteiger partial charge is 0.477 e. The maximum absolute atomic E-state index is 14.0. The monoisotopic (exact) mass is 533 g/mol. The Morgan fingerprint density at radius 3 is 2.28 bits per heavy atom. The fourth-order valence-corrected chi connectivity index (χ4v) is 6.38. The zero-order valence-corrected chi connectivity index (χ0v) is 23.1. The number of halogens is 1. The van der Waals surface area contributed by atoms with Crippen molar-refractivity contribution in [2.24, 2.45) is 11.8 Å². The molecule has 2 aliphatic carbocycles. The second kappa shape index (κ2) is 11.1. The molecule has 0 atom stereocenters. The molecule has 36 heavy (non-hydrogen) atoms. The molecule has 0 radical (unpaired) electrons. The van der Waals surface area contributed by atoms with E-state index in [4.69, 9.17) is 16.3 Å². The number of nitrogens with zero attached hydrogens (tertiary/aromatic N) is 3. The van der Waals surface area contributed by atoms with Crippen LogP contribution in [0.1, 0.15) is 93.6 Å². The molecule has 0 unspecified atom stereocenters. The van der Waals surface area contributed by atoms with Gasteiger partial charge in [-0.25, -0.2) is 14.8 Å². The number of amides is 1. The average molecular weight is 534 g/mol. The second-order valence-corrected chi connectivity index (χ2v) is 12.7. The zero-order chi connectivity index (χ0) is 26.0. The van der Waals surface area contributed by atoms with E-state index in [9.17, 15) is 14.7 Å². The smallest absolute Gasteiger partial charge is 0.348 e. The van der Waals surface area contributed by atoms with Gasteiger partial charge in [0.05, 0.1) is 18.1 Å². The predicted molar refractivity (Wildman–Crippen MR) is 142 cm³/mol. The fraction of sp³-hybridized carbons (Fsp3) is 0.630.